The summed E-state index contributed by atoms with van der Waals surface area (Å²) in [5.41, 5.74) is 6.74. The number of Topliss-reactive ketones (excluding diaryl/α,β-unsaturated/α-hetero) is 1. The van der Waals surface area contributed by atoms with E-state index >= 15 is 0 Å². The van der Waals surface area contributed by atoms with Crippen molar-refractivity contribution in [3.8, 4) is 0 Å². The Bertz CT molecular complexity index is 294. The maximum atomic E-state index is 10.9. The van der Waals surface area contributed by atoms with Crippen LogP contribution in [0.5, 0.6) is 0 Å². The summed E-state index contributed by atoms with van der Waals surface area (Å²) in [4.78, 5) is 14.8. The highest BCUT2D eigenvalue weighted by molar-refractivity contribution is 5.95. The second-order valence-corrected chi connectivity index (χ2v) is 2.43. The van der Waals surface area contributed by atoms with Crippen molar-refractivity contribution in [3.63, 3.8) is 0 Å². The normalized spacial score (nSPS) is 9.64. The van der Waals surface area contributed by atoms with Crippen molar-refractivity contribution in [1.29, 1.82) is 0 Å². The van der Waals surface area contributed by atoms with Crippen LogP contribution in [0.25, 0.3) is 0 Å². The van der Waals surface area contributed by atoms with Crippen LogP contribution in [0.4, 0.5) is 5.82 Å². The maximum Gasteiger partial charge on any atom is 0.161 e. The van der Waals surface area contributed by atoms with Gasteiger partial charge in [-0.15, -0.1) is 0 Å². The number of rotatable bonds is 1. The molecule has 11 heavy (non-hydrogen) atoms. The Morgan fingerprint density at radius 1 is 1.55 bits per heavy atom. The van der Waals surface area contributed by atoms with Gasteiger partial charge < -0.3 is 5.73 Å². The lowest BCUT2D eigenvalue weighted by Gasteiger charge is -2.00. The third kappa shape index (κ3) is 1.55. The van der Waals surface area contributed by atoms with Crippen LogP contribution in [0.3, 0.4) is 0 Å². The molecule has 3 heteroatoms. The number of pyridine rings is 1. The highest BCUT2D eigenvalue weighted by Crippen LogP contribution is 2.07. The van der Waals surface area contributed by atoms with Gasteiger partial charge in [0, 0.05) is 5.56 Å². The lowest BCUT2D eigenvalue weighted by atomic mass is 10.1. The molecule has 1 heterocycles. The van der Waals surface area contributed by atoms with Gasteiger partial charge in [-0.05, 0) is 26.0 Å². The molecule has 0 saturated heterocycles. The quantitative estimate of drug-likeness (QED) is 0.611. The molecular formula is C8H10N2O. The zero-order chi connectivity index (χ0) is 8.43. The van der Waals surface area contributed by atoms with Gasteiger partial charge in [-0.3, -0.25) is 4.79 Å². The molecule has 0 aliphatic heterocycles. The number of aryl methyl sites for hydroxylation is 1. The minimum Gasteiger partial charge on any atom is -0.384 e. The van der Waals surface area contributed by atoms with Gasteiger partial charge in [-0.1, -0.05) is 0 Å². The predicted molar refractivity (Wildman–Crippen MR) is 43.4 cm³/mol. The molecule has 3 nitrogen and oxygen atoms in total. The fourth-order valence-electron chi connectivity index (χ4n) is 0.953. The molecule has 0 spiro atoms. The monoisotopic (exact) mass is 150 g/mol. The van der Waals surface area contributed by atoms with Gasteiger partial charge in [-0.25, -0.2) is 4.98 Å². The van der Waals surface area contributed by atoms with E-state index in [2.05, 4.69) is 4.98 Å². The van der Waals surface area contributed by atoms with Gasteiger partial charge in [0.2, 0.25) is 0 Å². The Morgan fingerprint density at radius 3 is 2.64 bits per heavy atom. The Kier molecular flexibility index (Phi) is 1.89. The minimum absolute atomic E-state index is 0.0231. The highest BCUT2D eigenvalue weighted by Gasteiger charge is 2.03. The Labute approximate surface area is 65.2 Å². The Morgan fingerprint density at radius 2 is 2.18 bits per heavy atom. The molecule has 1 aromatic rings. The van der Waals surface area contributed by atoms with Crippen LogP contribution >= 0.6 is 0 Å². The summed E-state index contributed by atoms with van der Waals surface area (Å²) in [5.74, 6) is 0.475. The van der Waals surface area contributed by atoms with E-state index in [-0.39, 0.29) is 5.78 Å². The van der Waals surface area contributed by atoms with E-state index < -0.39 is 0 Å². The molecular weight excluding hydrogens is 140 g/mol. The molecule has 58 valence electrons. The Hall–Kier alpha value is -1.38. The van der Waals surface area contributed by atoms with E-state index in [0.29, 0.717) is 17.1 Å². The first kappa shape index (κ1) is 7.72. The summed E-state index contributed by atoms with van der Waals surface area (Å²) in [7, 11) is 0. The zero-order valence-electron chi connectivity index (χ0n) is 6.59. The predicted octanol–water partition coefficient (Wildman–Crippen LogP) is 1.17. The standard InChI is InChI=1S/C8H10N2O/c1-5-7(6(2)11)3-4-8(9)10-5/h3-4H,1-2H3,(H2,9,10). The molecule has 0 amide bonds. The van der Waals surface area contributed by atoms with E-state index in [9.17, 15) is 4.79 Å². The van der Waals surface area contributed by atoms with Crippen molar-refractivity contribution in [1.82, 2.24) is 4.98 Å². The molecule has 0 aromatic carbocycles. The summed E-state index contributed by atoms with van der Waals surface area (Å²) in [6.45, 7) is 3.29. The largest absolute Gasteiger partial charge is 0.384 e. The molecule has 0 bridgehead atoms. The minimum atomic E-state index is 0.0231. The molecule has 1 rings (SSSR count). The number of aromatic nitrogens is 1. The van der Waals surface area contributed by atoms with Gasteiger partial charge in [0.05, 0.1) is 5.69 Å². The lowest BCUT2D eigenvalue weighted by Crippen LogP contribution is -2.00. The number of nitrogens with two attached hydrogens (primary N) is 1. The summed E-state index contributed by atoms with van der Waals surface area (Å²) < 4.78 is 0. The molecule has 0 aliphatic rings. The first-order valence-electron chi connectivity index (χ1n) is 3.35. The molecule has 0 saturated carbocycles. The first-order valence-corrected chi connectivity index (χ1v) is 3.35. The van der Waals surface area contributed by atoms with E-state index in [1.54, 1.807) is 19.1 Å². The van der Waals surface area contributed by atoms with E-state index in [0.717, 1.165) is 0 Å². The van der Waals surface area contributed by atoms with Gasteiger partial charge in [0.1, 0.15) is 5.82 Å². The van der Waals surface area contributed by atoms with Crippen LogP contribution < -0.4 is 5.73 Å². The zero-order valence-corrected chi connectivity index (χ0v) is 6.59. The van der Waals surface area contributed by atoms with E-state index in [4.69, 9.17) is 5.73 Å². The van der Waals surface area contributed by atoms with Crippen LogP contribution in [0.15, 0.2) is 12.1 Å². The second kappa shape index (κ2) is 2.70. The third-order valence-electron chi connectivity index (χ3n) is 1.49. The average Bonchev–Trinajstić information content (AvgIpc) is 1.85. The number of nitrogen functional groups attached to an aromatic ring is 1. The van der Waals surface area contributed by atoms with Crippen LogP contribution in [0.1, 0.15) is 23.0 Å². The van der Waals surface area contributed by atoms with Crippen molar-refractivity contribution in [3.05, 3.63) is 23.4 Å². The average molecular weight is 150 g/mol. The topological polar surface area (TPSA) is 56.0 Å². The first-order chi connectivity index (χ1) is 5.11. The van der Waals surface area contributed by atoms with Crippen molar-refractivity contribution >= 4 is 11.6 Å². The molecule has 0 atom stereocenters. The van der Waals surface area contributed by atoms with Crippen LogP contribution in [-0.4, -0.2) is 10.8 Å². The number of nitrogens with zero attached hydrogens (tertiary/aromatic N) is 1. The molecule has 0 radical (unpaired) electrons. The third-order valence-corrected chi connectivity index (χ3v) is 1.49. The van der Waals surface area contributed by atoms with Crippen molar-refractivity contribution < 1.29 is 4.79 Å². The summed E-state index contributed by atoms with van der Waals surface area (Å²) >= 11 is 0. The smallest absolute Gasteiger partial charge is 0.161 e. The van der Waals surface area contributed by atoms with Gasteiger partial charge in [-0.2, -0.15) is 0 Å². The number of anilines is 1. The number of hydrogen-bond donors (Lipinski definition) is 1. The Balaban J connectivity index is 3.20. The van der Waals surface area contributed by atoms with Crippen molar-refractivity contribution in [2.24, 2.45) is 0 Å². The van der Waals surface area contributed by atoms with Crippen LogP contribution in [0, 0.1) is 6.92 Å². The van der Waals surface area contributed by atoms with Crippen molar-refractivity contribution in [2.75, 3.05) is 5.73 Å². The summed E-state index contributed by atoms with van der Waals surface area (Å²) in [6.07, 6.45) is 0. The fourth-order valence-corrected chi connectivity index (χ4v) is 0.953. The number of carbonyl (C=O) groups excluding carboxylic acids is 1. The maximum absolute atomic E-state index is 10.9. The fraction of sp³-hybridized carbons (Fsp3) is 0.250. The van der Waals surface area contributed by atoms with Crippen molar-refractivity contribution in [2.45, 2.75) is 13.8 Å². The molecule has 0 unspecified atom stereocenters. The van der Waals surface area contributed by atoms with Crippen LogP contribution in [0.2, 0.25) is 0 Å². The molecule has 0 fully saturated rings. The van der Waals surface area contributed by atoms with Gasteiger partial charge in [0.15, 0.2) is 5.78 Å². The summed E-state index contributed by atoms with van der Waals surface area (Å²) in [5, 5.41) is 0. The van der Waals surface area contributed by atoms with Crippen LogP contribution in [-0.2, 0) is 0 Å². The van der Waals surface area contributed by atoms with Gasteiger partial charge in [0.25, 0.3) is 0 Å². The molecule has 1 aromatic heterocycles. The molecule has 2 N–H and O–H groups in total. The van der Waals surface area contributed by atoms with E-state index in [1.165, 1.54) is 6.92 Å². The highest BCUT2D eigenvalue weighted by atomic mass is 16.1. The van der Waals surface area contributed by atoms with E-state index in [1.807, 2.05) is 0 Å². The number of hydrogen-bond acceptors (Lipinski definition) is 3. The molecule has 0 aliphatic carbocycles. The SMILES string of the molecule is CC(=O)c1ccc(N)nc1C. The van der Waals surface area contributed by atoms with Gasteiger partial charge >= 0.3 is 0 Å². The second-order valence-electron chi connectivity index (χ2n) is 2.43. The number of ketones is 1. The lowest BCUT2D eigenvalue weighted by molar-refractivity contribution is 0.101. The number of carbonyl (C=O) groups is 1. The summed E-state index contributed by atoms with van der Waals surface area (Å²) in [6, 6.07) is 3.32.